The van der Waals surface area contributed by atoms with Crippen LogP contribution in [0.1, 0.15) is 23.7 Å². The molecule has 1 aliphatic rings. The second kappa shape index (κ2) is 3.41. The molecular formula is C10H9F3O2. The monoisotopic (exact) mass is 218 g/mol. The highest BCUT2D eigenvalue weighted by Crippen LogP contribution is 2.34. The summed E-state index contributed by atoms with van der Waals surface area (Å²) in [5.74, 6) is -0.276. The van der Waals surface area contributed by atoms with Gasteiger partial charge >= 0.3 is 6.36 Å². The number of hydrogen-bond donors (Lipinski definition) is 1. The van der Waals surface area contributed by atoms with Crippen LogP contribution < -0.4 is 4.74 Å². The Morgan fingerprint density at radius 3 is 2.73 bits per heavy atom. The van der Waals surface area contributed by atoms with Gasteiger partial charge in [-0.25, -0.2) is 0 Å². The fraction of sp³-hybridized carbons (Fsp3) is 0.400. The molecule has 82 valence electrons. The van der Waals surface area contributed by atoms with Crippen molar-refractivity contribution in [3.63, 3.8) is 0 Å². The maximum absolute atomic E-state index is 11.9. The van der Waals surface area contributed by atoms with Gasteiger partial charge in [0.2, 0.25) is 0 Å². The van der Waals surface area contributed by atoms with Crippen molar-refractivity contribution in [1.82, 2.24) is 0 Å². The van der Waals surface area contributed by atoms with E-state index in [0.29, 0.717) is 18.4 Å². The van der Waals surface area contributed by atoms with Crippen molar-refractivity contribution in [2.24, 2.45) is 0 Å². The maximum Gasteiger partial charge on any atom is 0.573 e. The third kappa shape index (κ3) is 2.23. The van der Waals surface area contributed by atoms with Gasteiger partial charge in [-0.05, 0) is 36.1 Å². The molecule has 2 nitrogen and oxygen atoms in total. The zero-order chi connectivity index (χ0) is 11.1. The van der Waals surface area contributed by atoms with E-state index < -0.39 is 12.5 Å². The van der Waals surface area contributed by atoms with E-state index in [0.717, 1.165) is 5.56 Å². The van der Waals surface area contributed by atoms with Gasteiger partial charge in [0.25, 0.3) is 0 Å². The first-order valence-corrected chi connectivity index (χ1v) is 4.52. The minimum Gasteiger partial charge on any atom is -0.406 e. The smallest absolute Gasteiger partial charge is 0.406 e. The van der Waals surface area contributed by atoms with E-state index in [1.54, 1.807) is 6.07 Å². The highest BCUT2D eigenvalue weighted by molar-refractivity contribution is 5.39. The molecule has 0 heterocycles. The van der Waals surface area contributed by atoms with Crippen LogP contribution >= 0.6 is 0 Å². The van der Waals surface area contributed by atoms with Gasteiger partial charge in [-0.15, -0.1) is 13.2 Å². The molecule has 1 atom stereocenters. The molecule has 0 unspecified atom stereocenters. The quantitative estimate of drug-likeness (QED) is 0.784. The van der Waals surface area contributed by atoms with Crippen molar-refractivity contribution < 1.29 is 23.0 Å². The zero-order valence-electron chi connectivity index (χ0n) is 7.71. The SMILES string of the molecule is O[C@@H]1CCc2ccc(OC(F)(F)F)cc21. The van der Waals surface area contributed by atoms with Crippen molar-refractivity contribution in [2.75, 3.05) is 0 Å². The predicted molar refractivity (Wildman–Crippen MR) is 46.4 cm³/mol. The molecule has 0 radical (unpaired) electrons. The van der Waals surface area contributed by atoms with Crippen LogP contribution in [-0.4, -0.2) is 11.5 Å². The zero-order valence-corrected chi connectivity index (χ0v) is 7.71. The van der Waals surface area contributed by atoms with Crippen molar-refractivity contribution in [3.8, 4) is 5.75 Å². The number of halogens is 3. The van der Waals surface area contributed by atoms with Gasteiger partial charge in [-0.1, -0.05) is 6.07 Å². The third-order valence-corrected chi connectivity index (χ3v) is 2.40. The Labute approximate surface area is 84.3 Å². The number of ether oxygens (including phenoxy) is 1. The van der Waals surface area contributed by atoms with E-state index in [2.05, 4.69) is 4.74 Å². The Hall–Kier alpha value is -1.23. The topological polar surface area (TPSA) is 29.5 Å². The van der Waals surface area contributed by atoms with Crippen molar-refractivity contribution >= 4 is 0 Å². The van der Waals surface area contributed by atoms with E-state index >= 15 is 0 Å². The average molecular weight is 218 g/mol. The number of aliphatic hydroxyl groups is 1. The Balaban J connectivity index is 2.26. The molecule has 0 aliphatic heterocycles. The standard InChI is InChI=1S/C10H9F3O2/c11-10(12,13)15-7-3-1-6-2-4-9(14)8(6)5-7/h1,3,5,9,14H,2,4H2/t9-/m1/s1. The van der Waals surface area contributed by atoms with Crippen LogP contribution in [0.4, 0.5) is 13.2 Å². The lowest BCUT2D eigenvalue weighted by Crippen LogP contribution is -2.17. The van der Waals surface area contributed by atoms with Gasteiger partial charge < -0.3 is 9.84 Å². The molecular weight excluding hydrogens is 209 g/mol. The summed E-state index contributed by atoms with van der Waals surface area (Å²) in [6.45, 7) is 0. The normalized spacial score (nSPS) is 20.1. The Morgan fingerprint density at radius 1 is 1.33 bits per heavy atom. The summed E-state index contributed by atoms with van der Waals surface area (Å²) in [5.41, 5.74) is 1.42. The van der Waals surface area contributed by atoms with Crippen LogP contribution in [0.3, 0.4) is 0 Å². The molecule has 0 aromatic heterocycles. The van der Waals surface area contributed by atoms with Gasteiger partial charge in [-0.2, -0.15) is 0 Å². The van der Waals surface area contributed by atoms with Gasteiger partial charge in [0, 0.05) is 0 Å². The summed E-state index contributed by atoms with van der Waals surface area (Å²) in [4.78, 5) is 0. The highest BCUT2D eigenvalue weighted by Gasteiger charge is 2.32. The molecule has 0 amide bonds. The lowest BCUT2D eigenvalue weighted by Gasteiger charge is -2.11. The maximum atomic E-state index is 11.9. The molecule has 0 saturated carbocycles. The Kier molecular flexibility index (Phi) is 2.34. The summed E-state index contributed by atoms with van der Waals surface area (Å²) in [6, 6.07) is 4.08. The number of benzene rings is 1. The largest absolute Gasteiger partial charge is 0.573 e. The van der Waals surface area contributed by atoms with Gasteiger partial charge in [0.05, 0.1) is 6.10 Å². The van der Waals surface area contributed by atoms with Crippen LogP contribution in [-0.2, 0) is 6.42 Å². The fourth-order valence-electron chi connectivity index (χ4n) is 1.76. The molecule has 0 saturated heterocycles. The Morgan fingerprint density at radius 2 is 2.07 bits per heavy atom. The minimum atomic E-state index is -4.68. The van der Waals surface area contributed by atoms with Crippen LogP contribution in [0.2, 0.25) is 0 Å². The van der Waals surface area contributed by atoms with Crippen LogP contribution in [0.5, 0.6) is 5.75 Å². The van der Waals surface area contributed by atoms with Crippen molar-refractivity contribution in [3.05, 3.63) is 29.3 Å². The fourth-order valence-corrected chi connectivity index (χ4v) is 1.76. The average Bonchev–Trinajstić information content (AvgIpc) is 2.45. The molecule has 0 fully saturated rings. The number of aryl methyl sites for hydroxylation is 1. The van der Waals surface area contributed by atoms with Crippen LogP contribution in [0.15, 0.2) is 18.2 Å². The molecule has 0 spiro atoms. The number of fused-ring (bicyclic) bond motifs is 1. The summed E-state index contributed by atoms with van der Waals surface area (Å²) in [5, 5.41) is 9.47. The number of hydrogen-bond acceptors (Lipinski definition) is 2. The Bertz CT molecular complexity index is 373. The van der Waals surface area contributed by atoms with E-state index in [-0.39, 0.29) is 5.75 Å². The number of aliphatic hydroxyl groups excluding tert-OH is 1. The molecule has 1 N–H and O–H groups in total. The second-order valence-electron chi connectivity index (χ2n) is 3.46. The number of rotatable bonds is 1. The summed E-state index contributed by atoms with van der Waals surface area (Å²) < 4.78 is 39.5. The summed E-state index contributed by atoms with van der Waals surface area (Å²) in [7, 11) is 0. The van der Waals surface area contributed by atoms with E-state index in [1.165, 1.54) is 12.1 Å². The van der Waals surface area contributed by atoms with Gasteiger partial charge in [0.15, 0.2) is 0 Å². The van der Waals surface area contributed by atoms with E-state index in [9.17, 15) is 18.3 Å². The molecule has 2 rings (SSSR count). The van der Waals surface area contributed by atoms with E-state index in [4.69, 9.17) is 0 Å². The summed E-state index contributed by atoms with van der Waals surface area (Å²) in [6.07, 6.45) is -4.09. The highest BCUT2D eigenvalue weighted by atomic mass is 19.4. The van der Waals surface area contributed by atoms with E-state index in [1.807, 2.05) is 0 Å². The van der Waals surface area contributed by atoms with Crippen LogP contribution in [0.25, 0.3) is 0 Å². The van der Waals surface area contributed by atoms with Gasteiger partial charge in [-0.3, -0.25) is 0 Å². The lowest BCUT2D eigenvalue weighted by molar-refractivity contribution is -0.274. The molecule has 0 bridgehead atoms. The lowest BCUT2D eigenvalue weighted by atomic mass is 10.1. The second-order valence-corrected chi connectivity index (χ2v) is 3.46. The van der Waals surface area contributed by atoms with Gasteiger partial charge in [0.1, 0.15) is 5.75 Å². The molecule has 1 aromatic carbocycles. The molecule has 15 heavy (non-hydrogen) atoms. The first-order chi connectivity index (χ1) is 6.96. The molecule has 1 aliphatic carbocycles. The third-order valence-electron chi connectivity index (χ3n) is 2.40. The van der Waals surface area contributed by atoms with Crippen molar-refractivity contribution in [1.29, 1.82) is 0 Å². The first kappa shape index (κ1) is 10.3. The number of alkyl halides is 3. The minimum absolute atomic E-state index is 0.276. The molecule has 5 heteroatoms. The predicted octanol–water partition coefficient (Wildman–Crippen LogP) is 2.56. The van der Waals surface area contributed by atoms with Crippen molar-refractivity contribution in [2.45, 2.75) is 25.3 Å². The summed E-state index contributed by atoms with van der Waals surface area (Å²) >= 11 is 0. The first-order valence-electron chi connectivity index (χ1n) is 4.52. The molecule has 1 aromatic rings. The van der Waals surface area contributed by atoms with Crippen LogP contribution in [0, 0.1) is 0 Å².